The van der Waals surface area contributed by atoms with Crippen LogP contribution in [0.2, 0.25) is 10.0 Å². The van der Waals surface area contributed by atoms with E-state index in [1.807, 2.05) is 13.8 Å². The molecule has 2 amide bonds. The summed E-state index contributed by atoms with van der Waals surface area (Å²) in [6, 6.07) is 12.1. The molecule has 0 aliphatic carbocycles. The molecule has 0 bridgehead atoms. The number of carbonyl (C=O) groups excluding carboxylic acids is 2. The standard InChI is InChI=1S/C20H20Cl2N2O2/c1-3-24(4-2)20(26)15-8-5-9-16(13-15)23-18(25)12-11-14-7-6-10-17(21)19(14)22/h5-13H,3-4H2,1-2H3,(H,23,25). The lowest BCUT2D eigenvalue weighted by Crippen LogP contribution is -2.30. The number of nitrogens with zero attached hydrogens (tertiary/aromatic N) is 1. The molecule has 0 aliphatic rings. The lowest BCUT2D eigenvalue weighted by atomic mass is 10.1. The molecule has 0 spiro atoms. The fourth-order valence-corrected chi connectivity index (χ4v) is 2.79. The van der Waals surface area contributed by atoms with E-state index in [0.717, 1.165) is 0 Å². The minimum Gasteiger partial charge on any atom is -0.339 e. The Balaban J connectivity index is 2.10. The fraction of sp³-hybridized carbons (Fsp3) is 0.200. The molecule has 136 valence electrons. The van der Waals surface area contributed by atoms with Crippen LogP contribution < -0.4 is 5.32 Å². The SMILES string of the molecule is CCN(CC)C(=O)c1cccc(NC(=O)C=Cc2cccc(Cl)c2Cl)c1. The molecule has 4 nitrogen and oxygen atoms in total. The van der Waals surface area contributed by atoms with Gasteiger partial charge in [-0.3, -0.25) is 9.59 Å². The van der Waals surface area contributed by atoms with Gasteiger partial charge in [0.25, 0.3) is 5.91 Å². The third-order valence-electron chi connectivity index (χ3n) is 3.82. The van der Waals surface area contributed by atoms with E-state index in [9.17, 15) is 9.59 Å². The summed E-state index contributed by atoms with van der Waals surface area (Å²) in [5.41, 5.74) is 1.74. The van der Waals surface area contributed by atoms with E-state index in [0.29, 0.717) is 39.9 Å². The number of hydrogen-bond acceptors (Lipinski definition) is 2. The number of amides is 2. The van der Waals surface area contributed by atoms with E-state index >= 15 is 0 Å². The molecule has 0 fully saturated rings. The first-order valence-corrected chi connectivity index (χ1v) is 9.04. The molecule has 1 N–H and O–H groups in total. The van der Waals surface area contributed by atoms with Gasteiger partial charge in [0.05, 0.1) is 10.0 Å². The normalized spacial score (nSPS) is 10.8. The molecule has 0 radical (unpaired) electrons. The molecular formula is C20H20Cl2N2O2. The molecule has 2 aromatic rings. The van der Waals surface area contributed by atoms with Gasteiger partial charge in [-0.25, -0.2) is 0 Å². The summed E-state index contributed by atoms with van der Waals surface area (Å²) < 4.78 is 0. The molecule has 0 aliphatic heterocycles. The smallest absolute Gasteiger partial charge is 0.253 e. The quantitative estimate of drug-likeness (QED) is 0.695. The summed E-state index contributed by atoms with van der Waals surface area (Å²) >= 11 is 12.0. The van der Waals surface area contributed by atoms with E-state index in [1.54, 1.807) is 53.4 Å². The zero-order valence-electron chi connectivity index (χ0n) is 14.6. The van der Waals surface area contributed by atoms with Gasteiger partial charge in [-0.2, -0.15) is 0 Å². The molecular weight excluding hydrogens is 371 g/mol. The van der Waals surface area contributed by atoms with E-state index in [2.05, 4.69) is 5.32 Å². The van der Waals surface area contributed by atoms with E-state index < -0.39 is 0 Å². The summed E-state index contributed by atoms with van der Waals surface area (Å²) in [4.78, 5) is 26.3. The molecule has 2 aromatic carbocycles. The van der Waals surface area contributed by atoms with Crippen molar-refractivity contribution in [3.8, 4) is 0 Å². The van der Waals surface area contributed by atoms with Crippen molar-refractivity contribution >= 4 is 46.8 Å². The van der Waals surface area contributed by atoms with Crippen LogP contribution in [0.3, 0.4) is 0 Å². The maximum absolute atomic E-state index is 12.4. The lowest BCUT2D eigenvalue weighted by molar-refractivity contribution is -0.111. The Kier molecular flexibility index (Phi) is 7.25. The molecule has 0 saturated heterocycles. The summed E-state index contributed by atoms with van der Waals surface area (Å²) in [5.74, 6) is -0.388. The minimum atomic E-state index is -0.325. The summed E-state index contributed by atoms with van der Waals surface area (Å²) in [6.07, 6.45) is 2.96. The van der Waals surface area contributed by atoms with Crippen molar-refractivity contribution in [3.05, 3.63) is 69.7 Å². The van der Waals surface area contributed by atoms with Crippen molar-refractivity contribution in [2.24, 2.45) is 0 Å². The van der Waals surface area contributed by atoms with Gasteiger partial charge in [0.2, 0.25) is 5.91 Å². The van der Waals surface area contributed by atoms with Gasteiger partial charge in [0.1, 0.15) is 0 Å². The Labute approximate surface area is 163 Å². The van der Waals surface area contributed by atoms with Crippen molar-refractivity contribution < 1.29 is 9.59 Å². The zero-order chi connectivity index (χ0) is 19.1. The highest BCUT2D eigenvalue weighted by Crippen LogP contribution is 2.26. The molecule has 2 rings (SSSR count). The van der Waals surface area contributed by atoms with Crippen LogP contribution >= 0.6 is 23.2 Å². The van der Waals surface area contributed by atoms with E-state index in [-0.39, 0.29) is 11.8 Å². The van der Waals surface area contributed by atoms with Gasteiger partial charge in [-0.1, -0.05) is 41.4 Å². The maximum Gasteiger partial charge on any atom is 0.253 e. The van der Waals surface area contributed by atoms with Crippen molar-refractivity contribution in [3.63, 3.8) is 0 Å². The topological polar surface area (TPSA) is 49.4 Å². The zero-order valence-corrected chi connectivity index (χ0v) is 16.1. The van der Waals surface area contributed by atoms with Crippen LogP contribution in [0.15, 0.2) is 48.5 Å². The first-order chi connectivity index (χ1) is 12.5. The summed E-state index contributed by atoms with van der Waals surface area (Å²) in [7, 11) is 0. The lowest BCUT2D eigenvalue weighted by Gasteiger charge is -2.18. The van der Waals surface area contributed by atoms with Gasteiger partial charge in [-0.15, -0.1) is 0 Å². The van der Waals surface area contributed by atoms with Crippen molar-refractivity contribution in [2.75, 3.05) is 18.4 Å². The van der Waals surface area contributed by atoms with Gasteiger partial charge in [0.15, 0.2) is 0 Å². The predicted molar refractivity (Wildman–Crippen MR) is 108 cm³/mol. The second-order valence-corrected chi connectivity index (χ2v) is 6.31. The Bertz CT molecular complexity index is 830. The maximum atomic E-state index is 12.4. The number of anilines is 1. The number of carbonyl (C=O) groups is 2. The van der Waals surface area contributed by atoms with Crippen molar-refractivity contribution in [1.82, 2.24) is 4.90 Å². The highest BCUT2D eigenvalue weighted by molar-refractivity contribution is 6.42. The van der Waals surface area contributed by atoms with Crippen molar-refractivity contribution in [2.45, 2.75) is 13.8 Å². The molecule has 0 heterocycles. The van der Waals surface area contributed by atoms with E-state index in [4.69, 9.17) is 23.2 Å². The second-order valence-electron chi connectivity index (χ2n) is 5.52. The highest BCUT2D eigenvalue weighted by atomic mass is 35.5. The minimum absolute atomic E-state index is 0.0626. The Morgan fingerprint density at radius 3 is 2.46 bits per heavy atom. The molecule has 6 heteroatoms. The average molecular weight is 391 g/mol. The number of hydrogen-bond donors (Lipinski definition) is 1. The third-order valence-corrected chi connectivity index (χ3v) is 4.66. The number of nitrogens with one attached hydrogen (secondary N) is 1. The first-order valence-electron chi connectivity index (χ1n) is 8.28. The molecule has 0 saturated carbocycles. The van der Waals surface area contributed by atoms with E-state index in [1.165, 1.54) is 6.08 Å². The summed E-state index contributed by atoms with van der Waals surface area (Å²) in [5, 5.41) is 3.57. The van der Waals surface area contributed by atoms with Crippen molar-refractivity contribution in [1.29, 1.82) is 0 Å². The Hall–Kier alpha value is -2.30. The van der Waals surface area contributed by atoms with Crippen LogP contribution in [0.1, 0.15) is 29.8 Å². The highest BCUT2D eigenvalue weighted by Gasteiger charge is 2.13. The average Bonchev–Trinajstić information content (AvgIpc) is 2.64. The molecule has 26 heavy (non-hydrogen) atoms. The van der Waals surface area contributed by atoms with Crippen LogP contribution in [0.4, 0.5) is 5.69 Å². The largest absolute Gasteiger partial charge is 0.339 e. The fourth-order valence-electron chi connectivity index (χ4n) is 2.42. The van der Waals surface area contributed by atoms with Gasteiger partial charge >= 0.3 is 0 Å². The van der Waals surface area contributed by atoms with Gasteiger partial charge in [0, 0.05) is 30.4 Å². The van der Waals surface area contributed by atoms with Crippen LogP contribution in [0.5, 0.6) is 0 Å². The van der Waals surface area contributed by atoms with Crippen LogP contribution in [0.25, 0.3) is 6.08 Å². The summed E-state index contributed by atoms with van der Waals surface area (Å²) in [6.45, 7) is 5.13. The monoisotopic (exact) mass is 390 g/mol. The number of halogens is 2. The molecule has 0 aromatic heterocycles. The van der Waals surface area contributed by atoms with Gasteiger partial charge in [-0.05, 0) is 49.8 Å². The van der Waals surface area contributed by atoms with Crippen LogP contribution in [-0.4, -0.2) is 29.8 Å². The Morgan fingerprint density at radius 2 is 1.77 bits per heavy atom. The molecule has 0 atom stereocenters. The van der Waals surface area contributed by atoms with Crippen LogP contribution in [0, 0.1) is 0 Å². The Morgan fingerprint density at radius 1 is 1.08 bits per heavy atom. The second kappa shape index (κ2) is 9.41. The first kappa shape index (κ1) is 20.0. The van der Waals surface area contributed by atoms with Gasteiger partial charge < -0.3 is 10.2 Å². The molecule has 0 unspecified atom stereocenters. The predicted octanol–water partition coefficient (Wildman–Crippen LogP) is 5.13. The number of rotatable bonds is 6. The third kappa shape index (κ3) is 5.10. The number of benzene rings is 2. The van der Waals surface area contributed by atoms with Crippen LogP contribution in [-0.2, 0) is 4.79 Å².